The van der Waals surface area contributed by atoms with E-state index >= 15 is 0 Å². The molecule has 1 amide bonds. The maximum absolute atomic E-state index is 12.3. The second kappa shape index (κ2) is 6.65. The van der Waals surface area contributed by atoms with Gasteiger partial charge in [-0.3, -0.25) is 4.79 Å². The Morgan fingerprint density at radius 3 is 3.05 bits per heavy atom. The van der Waals surface area contributed by atoms with E-state index in [4.69, 9.17) is 9.84 Å². The summed E-state index contributed by atoms with van der Waals surface area (Å²) in [6.07, 6.45) is 2.48. The van der Waals surface area contributed by atoms with Crippen LogP contribution in [0.5, 0.6) is 0 Å². The Hall–Kier alpha value is -1.70. The number of morpholine rings is 1. The van der Waals surface area contributed by atoms with Gasteiger partial charge in [0, 0.05) is 22.9 Å². The lowest BCUT2D eigenvalue weighted by Crippen LogP contribution is -2.50. The van der Waals surface area contributed by atoms with Gasteiger partial charge in [-0.15, -0.1) is 11.3 Å². The number of carbonyl (C=O) groups excluding carboxylic acids is 1. The number of hydrogen-bond donors (Lipinski definition) is 2. The molecule has 1 aliphatic rings. The molecule has 1 aromatic heterocycles. The average molecular weight is 297 g/mol. The Balaban J connectivity index is 2.10. The molecule has 1 atom stereocenters. The SMILES string of the molecule is O=C(O)/C=C/c1cc(C(=O)N2CCOCC2CO)cs1. The van der Waals surface area contributed by atoms with Crippen LogP contribution in [0.15, 0.2) is 17.5 Å². The lowest BCUT2D eigenvalue weighted by Gasteiger charge is -2.34. The summed E-state index contributed by atoms with van der Waals surface area (Å²) in [7, 11) is 0. The van der Waals surface area contributed by atoms with Gasteiger partial charge in [0.2, 0.25) is 0 Å². The third kappa shape index (κ3) is 3.44. The van der Waals surface area contributed by atoms with E-state index in [1.807, 2.05) is 0 Å². The van der Waals surface area contributed by atoms with Gasteiger partial charge >= 0.3 is 5.97 Å². The number of aliphatic hydroxyl groups is 1. The Labute approximate surface area is 119 Å². The van der Waals surface area contributed by atoms with Crippen molar-refractivity contribution in [2.75, 3.05) is 26.4 Å². The molecule has 0 saturated carbocycles. The summed E-state index contributed by atoms with van der Waals surface area (Å²) in [6.45, 7) is 1.10. The highest BCUT2D eigenvalue weighted by Crippen LogP contribution is 2.20. The zero-order chi connectivity index (χ0) is 14.5. The van der Waals surface area contributed by atoms with E-state index in [-0.39, 0.29) is 18.6 Å². The molecular formula is C13H15NO5S. The second-order valence-electron chi connectivity index (χ2n) is 4.32. The number of rotatable bonds is 4. The van der Waals surface area contributed by atoms with Crippen molar-refractivity contribution in [3.63, 3.8) is 0 Å². The molecule has 1 aliphatic heterocycles. The van der Waals surface area contributed by atoms with Crippen LogP contribution in [-0.2, 0) is 9.53 Å². The van der Waals surface area contributed by atoms with Crippen molar-refractivity contribution in [2.24, 2.45) is 0 Å². The van der Waals surface area contributed by atoms with E-state index in [1.54, 1.807) is 16.3 Å². The highest BCUT2D eigenvalue weighted by atomic mass is 32.1. The predicted octanol–water partition coefficient (Wildman–Crippen LogP) is 0.679. The predicted molar refractivity (Wildman–Crippen MR) is 73.7 cm³/mol. The first-order valence-electron chi connectivity index (χ1n) is 6.11. The van der Waals surface area contributed by atoms with Gasteiger partial charge in [0.05, 0.1) is 31.4 Å². The smallest absolute Gasteiger partial charge is 0.328 e. The molecule has 2 rings (SSSR count). The number of carboxylic acid groups (broad SMARTS) is 1. The number of carboxylic acids is 1. The van der Waals surface area contributed by atoms with E-state index < -0.39 is 5.97 Å². The number of amides is 1. The van der Waals surface area contributed by atoms with Crippen LogP contribution < -0.4 is 0 Å². The largest absolute Gasteiger partial charge is 0.478 e. The van der Waals surface area contributed by atoms with E-state index in [9.17, 15) is 14.7 Å². The van der Waals surface area contributed by atoms with Crippen LogP contribution in [-0.4, -0.2) is 59.4 Å². The molecule has 108 valence electrons. The normalized spacial score (nSPS) is 19.4. The van der Waals surface area contributed by atoms with Crippen LogP contribution in [0.25, 0.3) is 6.08 Å². The molecule has 1 unspecified atom stereocenters. The van der Waals surface area contributed by atoms with Gasteiger partial charge in [-0.1, -0.05) is 0 Å². The van der Waals surface area contributed by atoms with Crippen LogP contribution in [0.1, 0.15) is 15.2 Å². The molecule has 1 fully saturated rings. The van der Waals surface area contributed by atoms with Gasteiger partial charge in [0.1, 0.15) is 0 Å². The first kappa shape index (κ1) is 14.7. The fourth-order valence-corrected chi connectivity index (χ4v) is 2.72. The van der Waals surface area contributed by atoms with Crippen LogP contribution in [0.4, 0.5) is 0 Å². The Kier molecular flexibility index (Phi) is 4.89. The molecule has 0 bridgehead atoms. The van der Waals surface area contributed by atoms with E-state index in [0.717, 1.165) is 6.08 Å². The molecule has 1 saturated heterocycles. The number of thiophene rings is 1. The number of hydrogen-bond acceptors (Lipinski definition) is 5. The minimum absolute atomic E-state index is 0.137. The molecule has 2 N–H and O–H groups in total. The van der Waals surface area contributed by atoms with Gasteiger partial charge in [-0.25, -0.2) is 4.79 Å². The molecule has 6 nitrogen and oxygen atoms in total. The molecule has 0 aromatic carbocycles. The highest BCUT2D eigenvalue weighted by Gasteiger charge is 2.27. The molecule has 2 heterocycles. The lowest BCUT2D eigenvalue weighted by atomic mass is 10.2. The number of carbonyl (C=O) groups is 2. The zero-order valence-corrected chi connectivity index (χ0v) is 11.5. The number of nitrogens with zero attached hydrogens (tertiary/aromatic N) is 1. The molecule has 0 radical (unpaired) electrons. The average Bonchev–Trinajstić information content (AvgIpc) is 2.93. The summed E-state index contributed by atoms with van der Waals surface area (Å²) >= 11 is 1.30. The first-order valence-corrected chi connectivity index (χ1v) is 6.99. The molecule has 0 aliphatic carbocycles. The summed E-state index contributed by atoms with van der Waals surface area (Å²) < 4.78 is 5.23. The van der Waals surface area contributed by atoms with Crippen LogP contribution in [0.3, 0.4) is 0 Å². The Morgan fingerprint density at radius 2 is 2.35 bits per heavy atom. The van der Waals surface area contributed by atoms with Crippen LogP contribution in [0, 0.1) is 0 Å². The monoisotopic (exact) mass is 297 g/mol. The minimum atomic E-state index is -1.03. The Bertz CT molecular complexity index is 525. The van der Waals surface area contributed by atoms with Gasteiger partial charge in [0.25, 0.3) is 5.91 Å². The number of aliphatic carboxylic acids is 1. The fraction of sp³-hybridized carbons (Fsp3) is 0.385. The van der Waals surface area contributed by atoms with Crippen molar-refractivity contribution in [3.05, 3.63) is 28.0 Å². The van der Waals surface area contributed by atoms with Crippen molar-refractivity contribution in [2.45, 2.75) is 6.04 Å². The second-order valence-corrected chi connectivity index (χ2v) is 5.26. The third-order valence-electron chi connectivity index (χ3n) is 2.96. The van der Waals surface area contributed by atoms with E-state index in [1.165, 1.54) is 17.4 Å². The summed E-state index contributed by atoms with van der Waals surface area (Å²) in [4.78, 5) is 25.1. The summed E-state index contributed by atoms with van der Waals surface area (Å²) in [5.74, 6) is -1.20. The fourth-order valence-electron chi connectivity index (χ4n) is 1.95. The number of aliphatic hydroxyl groups excluding tert-OH is 1. The molecular weight excluding hydrogens is 282 g/mol. The highest BCUT2D eigenvalue weighted by molar-refractivity contribution is 7.11. The summed E-state index contributed by atoms with van der Waals surface area (Å²) in [6, 6.07) is 1.32. The molecule has 1 aromatic rings. The molecule has 7 heteroatoms. The maximum atomic E-state index is 12.3. The third-order valence-corrected chi connectivity index (χ3v) is 3.85. The summed E-state index contributed by atoms with van der Waals surface area (Å²) in [5, 5.41) is 19.5. The van der Waals surface area contributed by atoms with Crippen molar-refractivity contribution in [3.8, 4) is 0 Å². The van der Waals surface area contributed by atoms with Crippen molar-refractivity contribution in [1.29, 1.82) is 0 Å². The van der Waals surface area contributed by atoms with Gasteiger partial charge in [-0.05, 0) is 12.1 Å². The topological polar surface area (TPSA) is 87.1 Å². The van der Waals surface area contributed by atoms with Gasteiger partial charge in [-0.2, -0.15) is 0 Å². The Morgan fingerprint density at radius 1 is 1.55 bits per heavy atom. The van der Waals surface area contributed by atoms with Crippen molar-refractivity contribution >= 4 is 29.3 Å². The van der Waals surface area contributed by atoms with Crippen LogP contribution >= 0.6 is 11.3 Å². The van der Waals surface area contributed by atoms with Crippen molar-refractivity contribution < 1.29 is 24.5 Å². The summed E-state index contributed by atoms with van der Waals surface area (Å²) in [5.41, 5.74) is 0.500. The minimum Gasteiger partial charge on any atom is -0.478 e. The standard InChI is InChI=1S/C13H15NO5S/c15-6-10-7-19-4-3-14(10)13(18)9-5-11(20-8-9)1-2-12(16)17/h1-2,5,8,10,15H,3-4,6-7H2,(H,16,17)/b2-1+. The van der Waals surface area contributed by atoms with Crippen LogP contribution in [0.2, 0.25) is 0 Å². The van der Waals surface area contributed by atoms with E-state index in [0.29, 0.717) is 30.2 Å². The van der Waals surface area contributed by atoms with Gasteiger partial charge in [0.15, 0.2) is 0 Å². The van der Waals surface area contributed by atoms with Gasteiger partial charge < -0.3 is 19.8 Å². The first-order chi connectivity index (χ1) is 9.61. The molecule has 20 heavy (non-hydrogen) atoms. The lowest BCUT2D eigenvalue weighted by molar-refractivity contribution is -0.131. The van der Waals surface area contributed by atoms with Crippen molar-refractivity contribution in [1.82, 2.24) is 4.90 Å². The quantitative estimate of drug-likeness (QED) is 0.798. The molecule has 0 spiro atoms. The number of ether oxygens (including phenoxy) is 1. The zero-order valence-electron chi connectivity index (χ0n) is 10.7. The van der Waals surface area contributed by atoms with E-state index in [2.05, 4.69) is 0 Å². The maximum Gasteiger partial charge on any atom is 0.328 e.